The highest BCUT2D eigenvalue weighted by molar-refractivity contribution is 5.66. The molecule has 0 atom stereocenters. The Morgan fingerprint density at radius 3 is 2.69 bits per heavy atom. The highest BCUT2D eigenvalue weighted by atomic mass is 16.4. The van der Waals surface area contributed by atoms with Crippen molar-refractivity contribution in [2.45, 2.75) is 52.4 Å². The second-order valence-electron chi connectivity index (χ2n) is 5.75. The zero-order chi connectivity index (χ0) is 12.0. The first-order valence-corrected chi connectivity index (χ1v) is 6.44. The Kier molecular flexibility index (Phi) is 5.26. The molecule has 3 nitrogen and oxygen atoms in total. The summed E-state index contributed by atoms with van der Waals surface area (Å²) < 4.78 is 0. The number of carbonyl (C=O) groups is 1. The van der Waals surface area contributed by atoms with E-state index in [1.165, 1.54) is 25.9 Å². The number of rotatable bonds is 6. The van der Waals surface area contributed by atoms with Gasteiger partial charge in [-0.25, -0.2) is 0 Å². The van der Waals surface area contributed by atoms with Crippen molar-refractivity contribution in [3.8, 4) is 0 Å². The van der Waals surface area contributed by atoms with Crippen molar-refractivity contribution in [1.82, 2.24) is 4.90 Å². The number of hydrogen-bond donors (Lipinski definition) is 1. The molecule has 0 aromatic rings. The number of likely N-dealkylation sites (tertiary alicyclic amines) is 1. The molecule has 0 unspecified atom stereocenters. The molecule has 0 spiro atoms. The number of nitrogens with zero attached hydrogens (tertiary/aromatic N) is 1. The van der Waals surface area contributed by atoms with Crippen LogP contribution in [0.4, 0.5) is 0 Å². The van der Waals surface area contributed by atoms with Gasteiger partial charge in [0, 0.05) is 13.0 Å². The van der Waals surface area contributed by atoms with E-state index in [0.717, 1.165) is 25.8 Å². The van der Waals surface area contributed by atoms with Gasteiger partial charge >= 0.3 is 5.97 Å². The van der Waals surface area contributed by atoms with E-state index in [-0.39, 0.29) is 0 Å². The minimum absolute atomic E-state index is 0.325. The van der Waals surface area contributed by atoms with E-state index in [4.69, 9.17) is 5.11 Å². The Morgan fingerprint density at radius 1 is 1.31 bits per heavy atom. The summed E-state index contributed by atoms with van der Waals surface area (Å²) in [6.45, 7) is 8.24. The van der Waals surface area contributed by atoms with Crippen LogP contribution in [0.5, 0.6) is 0 Å². The van der Waals surface area contributed by atoms with Crippen molar-refractivity contribution in [3.05, 3.63) is 0 Å². The molecule has 16 heavy (non-hydrogen) atoms. The molecule has 1 heterocycles. The number of unbranched alkanes of at least 4 members (excludes halogenated alkanes) is 2. The maximum atomic E-state index is 10.3. The summed E-state index contributed by atoms with van der Waals surface area (Å²) >= 11 is 0. The predicted molar refractivity (Wildman–Crippen MR) is 65.6 cm³/mol. The summed E-state index contributed by atoms with van der Waals surface area (Å²) in [4.78, 5) is 12.9. The first kappa shape index (κ1) is 13.5. The quantitative estimate of drug-likeness (QED) is 0.709. The first-order valence-electron chi connectivity index (χ1n) is 6.44. The van der Waals surface area contributed by atoms with Crippen LogP contribution in [-0.4, -0.2) is 35.6 Å². The number of hydrogen-bond acceptors (Lipinski definition) is 2. The lowest BCUT2D eigenvalue weighted by atomic mass is 9.84. The third-order valence-electron chi connectivity index (χ3n) is 3.34. The Labute approximate surface area is 98.8 Å². The molecule has 1 fully saturated rings. The van der Waals surface area contributed by atoms with E-state index in [2.05, 4.69) is 18.7 Å². The molecule has 0 bridgehead atoms. The van der Waals surface area contributed by atoms with Gasteiger partial charge in [-0.3, -0.25) is 4.79 Å². The van der Waals surface area contributed by atoms with Crippen LogP contribution in [0.25, 0.3) is 0 Å². The van der Waals surface area contributed by atoms with Gasteiger partial charge in [0.15, 0.2) is 0 Å². The number of piperidine rings is 1. The third-order valence-corrected chi connectivity index (χ3v) is 3.34. The highest BCUT2D eigenvalue weighted by Crippen LogP contribution is 2.28. The molecule has 0 aromatic carbocycles. The fourth-order valence-corrected chi connectivity index (χ4v) is 2.52. The van der Waals surface area contributed by atoms with Gasteiger partial charge in [0.1, 0.15) is 0 Å². The second kappa shape index (κ2) is 6.24. The van der Waals surface area contributed by atoms with Gasteiger partial charge in [0.2, 0.25) is 0 Å². The third kappa shape index (κ3) is 5.50. The zero-order valence-electron chi connectivity index (χ0n) is 10.7. The van der Waals surface area contributed by atoms with Crippen LogP contribution in [0.1, 0.15) is 52.4 Å². The van der Waals surface area contributed by atoms with Gasteiger partial charge in [0.05, 0.1) is 0 Å². The Bertz CT molecular complexity index is 226. The largest absolute Gasteiger partial charge is 0.481 e. The minimum Gasteiger partial charge on any atom is -0.481 e. The predicted octanol–water partition coefficient (Wildman–Crippen LogP) is 2.75. The van der Waals surface area contributed by atoms with E-state index in [0.29, 0.717) is 11.8 Å². The molecular weight excluding hydrogens is 202 g/mol. The average molecular weight is 227 g/mol. The molecule has 1 saturated heterocycles. The smallest absolute Gasteiger partial charge is 0.303 e. The number of carboxylic acid groups (broad SMARTS) is 1. The van der Waals surface area contributed by atoms with E-state index >= 15 is 0 Å². The Morgan fingerprint density at radius 2 is 2.06 bits per heavy atom. The van der Waals surface area contributed by atoms with Gasteiger partial charge in [-0.2, -0.15) is 0 Å². The lowest BCUT2D eigenvalue weighted by Gasteiger charge is -2.38. The standard InChI is InChI=1S/C13H25NO2/c1-13(2)8-6-10-14(11-13)9-5-3-4-7-12(15)16/h3-11H2,1-2H3,(H,15,16). The molecule has 94 valence electrons. The summed E-state index contributed by atoms with van der Waals surface area (Å²) in [5, 5.41) is 8.52. The summed E-state index contributed by atoms with van der Waals surface area (Å²) in [5.74, 6) is -0.667. The van der Waals surface area contributed by atoms with Gasteiger partial charge in [-0.1, -0.05) is 20.3 Å². The lowest BCUT2D eigenvalue weighted by molar-refractivity contribution is -0.137. The van der Waals surface area contributed by atoms with E-state index in [9.17, 15) is 4.79 Å². The molecule has 0 saturated carbocycles. The minimum atomic E-state index is -0.667. The van der Waals surface area contributed by atoms with Crippen molar-refractivity contribution in [2.24, 2.45) is 5.41 Å². The fourth-order valence-electron chi connectivity index (χ4n) is 2.52. The summed E-state index contributed by atoms with van der Waals surface area (Å²) in [7, 11) is 0. The SMILES string of the molecule is CC1(C)CCCN(CCCCCC(=O)O)C1. The van der Waals surface area contributed by atoms with Crippen LogP contribution in [0.15, 0.2) is 0 Å². The Balaban J connectivity index is 2.06. The maximum Gasteiger partial charge on any atom is 0.303 e. The maximum absolute atomic E-state index is 10.3. The molecule has 0 amide bonds. The topological polar surface area (TPSA) is 40.5 Å². The van der Waals surface area contributed by atoms with Gasteiger partial charge in [-0.05, 0) is 44.2 Å². The van der Waals surface area contributed by atoms with Crippen molar-refractivity contribution >= 4 is 5.97 Å². The summed E-state index contributed by atoms with van der Waals surface area (Å²) in [5.41, 5.74) is 0.472. The molecule has 0 aromatic heterocycles. The molecule has 1 aliphatic rings. The summed E-state index contributed by atoms with van der Waals surface area (Å²) in [6, 6.07) is 0. The summed E-state index contributed by atoms with van der Waals surface area (Å²) in [6.07, 6.45) is 5.98. The second-order valence-corrected chi connectivity index (χ2v) is 5.75. The molecule has 1 aliphatic heterocycles. The number of carboxylic acids is 1. The van der Waals surface area contributed by atoms with E-state index in [1.54, 1.807) is 0 Å². The fraction of sp³-hybridized carbons (Fsp3) is 0.923. The lowest BCUT2D eigenvalue weighted by Crippen LogP contribution is -2.40. The molecule has 0 aliphatic carbocycles. The van der Waals surface area contributed by atoms with Gasteiger partial charge < -0.3 is 10.0 Å². The first-order chi connectivity index (χ1) is 7.49. The number of aliphatic carboxylic acids is 1. The monoisotopic (exact) mass is 227 g/mol. The molecule has 1 rings (SSSR count). The van der Waals surface area contributed by atoms with E-state index in [1.807, 2.05) is 0 Å². The van der Waals surface area contributed by atoms with Crippen molar-refractivity contribution in [3.63, 3.8) is 0 Å². The zero-order valence-corrected chi connectivity index (χ0v) is 10.7. The van der Waals surface area contributed by atoms with Gasteiger partial charge in [0.25, 0.3) is 0 Å². The molecule has 1 N–H and O–H groups in total. The van der Waals surface area contributed by atoms with Crippen molar-refractivity contribution in [2.75, 3.05) is 19.6 Å². The van der Waals surface area contributed by atoms with Crippen LogP contribution < -0.4 is 0 Å². The van der Waals surface area contributed by atoms with Crippen molar-refractivity contribution in [1.29, 1.82) is 0 Å². The van der Waals surface area contributed by atoms with Crippen LogP contribution >= 0.6 is 0 Å². The van der Waals surface area contributed by atoms with Gasteiger partial charge in [-0.15, -0.1) is 0 Å². The highest BCUT2D eigenvalue weighted by Gasteiger charge is 2.25. The van der Waals surface area contributed by atoms with Crippen LogP contribution in [0.3, 0.4) is 0 Å². The molecule has 0 radical (unpaired) electrons. The van der Waals surface area contributed by atoms with E-state index < -0.39 is 5.97 Å². The molecule has 3 heteroatoms. The van der Waals surface area contributed by atoms with Crippen molar-refractivity contribution < 1.29 is 9.90 Å². The Hall–Kier alpha value is -0.570. The van der Waals surface area contributed by atoms with Crippen LogP contribution in [0, 0.1) is 5.41 Å². The average Bonchev–Trinajstić information content (AvgIpc) is 2.15. The normalized spacial score (nSPS) is 20.9. The van der Waals surface area contributed by atoms with Crippen LogP contribution in [-0.2, 0) is 4.79 Å². The molecular formula is C13H25NO2. The van der Waals surface area contributed by atoms with Crippen LogP contribution in [0.2, 0.25) is 0 Å².